The SMILES string of the molecule is c1ccc(-c2nc(-c3ccccc3)nc(-c3ccc4c(c3)oc3c(N(c5ccc6c(c5)oc5ccccc56)c5ccc6c(c5)oc5ccccc56)cccc34)n2)cc1. The Balaban J connectivity index is 1.04. The van der Waals surface area contributed by atoms with Gasteiger partial charge < -0.3 is 18.2 Å². The van der Waals surface area contributed by atoms with Crippen molar-refractivity contribution in [2.75, 3.05) is 4.90 Å². The van der Waals surface area contributed by atoms with Crippen LogP contribution in [0.5, 0.6) is 0 Å². The molecular formula is C51H30N4O3. The van der Waals surface area contributed by atoms with Crippen molar-refractivity contribution in [1.29, 1.82) is 0 Å². The first-order valence-electron chi connectivity index (χ1n) is 19.2. The van der Waals surface area contributed by atoms with Crippen LogP contribution >= 0.6 is 0 Å². The van der Waals surface area contributed by atoms with Crippen molar-refractivity contribution in [3.8, 4) is 34.2 Å². The van der Waals surface area contributed by atoms with Crippen LogP contribution in [0.1, 0.15) is 0 Å². The highest BCUT2D eigenvalue weighted by Gasteiger charge is 2.23. The van der Waals surface area contributed by atoms with E-state index in [0.717, 1.165) is 99.6 Å². The first kappa shape index (κ1) is 32.2. The van der Waals surface area contributed by atoms with Crippen molar-refractivity contribution < 1.29 is 13.3 Å². The topological polar surface area (TPSA) is 81.3 Å². The lowest BCUT2D eigenvalue weighted by molar-refractivity contribution is 0.667. The predicted molar refractivity (Wildman–Crippen MR) is 233 cm³/mol. The van der Waals surface area contributed by atoms with E-state index in [4.69, 9.17) is 28.2 Å². The first-order chi connectivity index (χ1) is 28.7. The average molecular weight is 747 g/mol. The van der Waals surface area contributed by atoms with Crippen molar-refractivity contribution >= 4 is 82.9 Å². The summed E-state index contributed by atoms with van der Waals surface area (Å²) in [4.78, 5) is 17.1. The second kappa shape index (κ2) is 12.8. The molecule has 0 radical (unpaired) electrons. The minimum absolute atomic E-state index is 0.565. The molecule has 0 spiro atoms. The van der Waals surface area contributed by atoms with Crippen molar-refractivity contribution in [1.82, 2.24) is 15.0 Å². The molecule has 8 aromatic carbocycles. The van der Waals surface area contributed by atoms with Crippen LogP contribution in [0.2, 0.25) is 0 Å². The number of nitrogens with zero attached hydrogens (tertiary/aromatic N) is 4. The van der Waals surface area contributed by atoms with Crippen LogP contribution in [0.25, 0.3) is 100.0 Å². The number of rotatable bonds is 6. The van der Waals surface area contributed by atoms with Crippen LogP contribution in [0.15, 0.2) is 195 Å². The van der Waals surface area contributed by atoms with Gasteiger partial charge in [0.15, 0.2) is 23.1 Å². The fourth-order valence-electron chi connectivity index (χ4n) is 8.17. The maximum Gasteiger partial charge on any atom is 0.164 e. The fraction of sp³-hybridized carbons (Fsp3) is 0. The lowest BCUT2D eigenvalue weighted by Gasteiger charge is -2.25. The van der Waals surface area contributed by atoms with Gasteiger partial charge in [-0.25, -0.2) is 15.0 Å². The maximum absolute atomic E-state index is 6.91. The molecule has 0 saturated heterocycles. The smallest absolute Gasteiger partial charge is 0.164 e. The minimum Gasteiger partial charge on any atom is -0.456 e. The van der Waals surface area contributed by atoms with E-state index in [1.807, 2.05) is 103 Å². The van der Waals surface area contributed by atoms with Crippen molar-refractivity contribution in [2.45, 2.75) is 0 Å². The molecule has 12 rings (SSSR count). The van der Waals surface area contributed by atoms with Gasteiger partial charge in [0.2, 0.25) is 0 Å². The van der Waals surface area contributed by atoms with Gasteiger partial charge in [-0.2, -0.15) is 0 Å². The Morgan fingerprint density at radius 1 is 0.310 bits per heavy atom. The summed E-state index contributed by atoms with van der Waals surface area (Å²) >= 11 is 0. The third-order valence-corrected chi connectivity index (χ3v) is 10.9. The molecule has 0 atom stereocenters. The first-order valence-corrected chi connectivity index (χ1v) is 19.2. The monoisotopic (exact) mass is 746 g/mol. The number of anilines is 3. The Morgan fingerprint density at radius 2 is 0.759 bits per heavy atom. The van der Waals surface area contributed by atoms with Crippen LogP contribution in [-0.4, -0.2) is 15.0 Å². The number of hydrogen-bond donors (Lipinski definition) is 0. The molecule has 12 aromatic rings. The van der Waals surface area contributed by atoms with E-state index in [2.05, 4.69) is 83.8 Å². The zero-order valence-electron chi connectivity index (χ0n) is 30.8. The zero-order chi connectivity index (χ0) is 38.2. The molecule has 0 aliphatic rings. The highest BCUT2D eigenvalue weighted by Crippen LogP contribution is 2.45. The predicted octanol–water partition coefficient (Wildman–Crippen LogP) is 14.0. The molecule has 0 fully saturated rings. The van der Waals surface area contributed by atoms with Crippen LogP contribution < -0.4 is 4.90 Å². The summed E-state index contributed by atoms with van der Waals surface area (Å²) in [7, 11) is 0. The molecule has 58 heavy (non-hydrogen) atoms. The van der Waals surface area contributed by atoms with Crippen LogP contribution in [0.3, 0.4) is 0 Å². The number of furan rings is 3. The molecule has 0 unspecified atom stereocenters. The van der Waals surface area contributed by atoms with Crippen LogP contribution in [0, 0.1) is 0 Å². The van der Waals surface area contributed by atoms with E-state index in [1.54, 1.807) is 0 Å². The average Bonchev–Trinajstić information content (AvgIpc) is 3.98. The zero-order valence-corrected chi connectivity index (χ0v) is 30.8. The second-order valence-electron chi connectivity index (χ2n) is 14.4. The van der Waals surface area contributed by atoms with E-state index in [1.165, 1.54) is 0 Å². The fourth-order valence-corrected chi connectivity index (χ4v) is 8.17. The number of aromatic nitrogens is 3. The van der Waals surface area contributed by atoms with E-state index in [9.17, 15) is 0 Å². The Labute approximate surface area is 331 Å². The molecule has 272 valence electrons. The Bertz CT molecular complexity index is 3360. The van der Waals surface area contributed by atoms with E-state index < -0.39 is 0 Å². The molecule has 0 bridgehead atoms. The van der Waals surface area contributed by atoms with Gasteiger partial charge >= 0.3 is 0 Å². The number of benzene rings is 8. The molecular weight excluding hydrogens is 717 g/mol. The van der Waals surface area contributed by atoms with Gasteiger partial charge in [0.25, 0.3) is 0 Å². The molecule has 4 heterocycles. The molecule has 0 amide bonds. The van der Waals surface area contributed by atoms with Gasteiger partial charge in [-0.15, -0.1) is 0 Å². The third kappa shape index (κ3) is 5.18. The van der Waals surface area contributed by atoms with Crippen molar-refractivity contribution in [3.05, 3.63) is 182 Å². The molecule has 4 aromatic heterocycles. The van der Waals surface area contributed by atoms with Crippen molar-refractivity contribution in [3.63, 3.8) is 0 Å². The molecule has 0 N–H and O–H groups in total. The van der Waals surface area contributed by atoms with E-state index >= 15 is 0 Å². The van der Waals surface area contributed by atoms with Gasteiger partial charge in [0.1, 0.15) is 27.9 Å². The highest BCUT2D eigenvalue weighted by atomic mass is 16.3. The Kier molecular flexibility index (Phi) is 7.09. The largest absolute Gasteiger partial charge is 0.456 e. The summed E-state index contributed by atoms with van der Waals surface area (Å²) in [6, 6.07) is 61.5. The number of para-hydroxylation sites is 3. The maximum atomic E-state index is 6.91. The van der Waals surface area contributed by atoms with Gasteiger partial charge in [-0.3, -0.25) is 0 Å². The van der Waals surface area contributed by atoms with E-state index in [-0.39, 0.29) is 0 Å². The number of fused-ring (bicyclic) bond motifs is 9. The summed E-state index contributed by atoms with van der Waals surface area (Å²) in [6.45, 7) is 0. The quantitative estimate of drug-likeness (QED) is 0.168. The normalized spacial score (nSPS) is 11.8. The number of hydrogen-bond acceptors (Lipinski definition) is 7. The molecule has 0 saturated carbocycles. The van der Waals surface area contributed by atoms with Gasteiger partial charge in [-0.1, -0.05) is 115 Å². The standard InChI is InChI=1S/C51H30N4O3/c1-3-12-31(13-4-1)49-52-50(32-14-5-2-6-15-32)54-51(53-49)33-22-25-40-41-18-11-19-42(48(41)58-45(40)28-33)55(34-23-26-38-36-16-7-9-20-43(36)56-46(38)29-34)35-24-27-39-37-17-8-10-21-44(37)57-47(39)30-35/h1-30H. The minimum atomic E-state index is 0.565. The molecule has 0 aliphatic carbocycles. The summed E-state index contributed by atoms with van der Waals surface area (Å²) in [6.07, 6.45) is 0. The second-order valence-corrected chi connectivity index (χ2v) is 14.4. The van der Waals surface area contributed by atoms with Crippen LogP contribution in [0.4, 0.5) is 17.1 Å². The van der Waals surface area contributed by atoms with E-state index in [0.29, 0.717) is 17.5 Å². The van der Waals surface area contributed by atoms with Gasteiger partial charge in [-0.05, 0) is 54.6 Å². The third-order valence-electron chi connectivity index (χ3n) is 10.9. The van der Waals surface area contributed by atoms with Gasteiger partial charge in [0.05, 0.1) is 17.1 Å². The Hall–Kier alpha value is -8.03. The summed E-state index contributed by atoms with van der Waals surface area (Å²) in [5.74, 6) is 1.78. The highest BCUT2D eigenvalue weighted by molar-refractivity contribution is 6.12. The van der Waals surface area contributed by atoms with Crippen molar-refractivity contribution in [2.24, 2.45) is 0 Å². The van der Waals surface area contributed by atoms with Gasteiger partial charge in [0, 0.05) is 61.1 Å². The lowest BCUT2D eigenvalue weighted by Crippen LogP contribution is -2.10. The van der Waals surface area contributed by atoms with Crippen LogP contribution in [-0.2, 0) is 0 Å². The molecule has 7 nitrogen and oxygen atoms in total. The summed E-state index contributed by atoms with van der Waals surface area (Å²) < 4.78 is 19.7. The molecule has 7 heteroatoms. The Morgan fingerprint density at radius 3 is 1.34 bits per heavy atom. The molecule has 0 aliphatic heterocycles. The summed E-state index contributed by atoms with van der Waals surface area (Å²) in [5, 5.41) is 6.26. The summed E-state index contributed by atoms with van der Waals surface area (Å²) in [5.41, 5.74) is 10.2. The lowest BCUT2D eigenvalue weighted by atomic mass is 10.1.